The van der Waals surface area contributed by atoms with E-state index in [9.17, 15) is 0 Å². The molecule has 0 aromatic heterocycles. The summed E-state index contributed by atoms with van der Waals surface area (Å²) in [4.78, 5) is 2.29. The van der Waals surface area contributed by atoms with Gasteiger partial charge in [-0.05, 0) is 25.7 Å². The molecule has 0 amide bonds. The summed E-state index contributed by atoms with van der Waals surface area (Å²) >= 11 is 0. The fourth-order valence-corrected chi connectivity index (χ4v) is 1.95. The van der Waals surface area contributed by atoms with Crippen molar-refractivity contribution in [1.29, 1.82) is 0 Å². The van der Waals surface area contributed by atoms with E-state index in [0.29, 0.717) is 0 Å². The fraction of sp³-hybridized carbons (Fsp3) is 0.818. The molecular formula is C11H21N. The van der Waals surface area contributed by atoms with Crippen molar-refractivity contribution < 1.29 is 0 Å². The minimum atomic E-state index is 0.781. The van der Waals surface area contributed by atoms with Gasteiger partial charge in [0, 0.05) is 19.3 Å². The van der Waals surface area contributed by atoms with Crippen LogP contribution in [0.1, 0.15) is 39.0 Å². The van der Waals surface area contributed by atoms with Crippen LogP contribution in [0.4, 0.5) is 0 Å². The summed E-state index contributed by atoms with van der Waals surface area (Å²) in [6, 6.07) is 0. The van der Waals surface area contributed by atoms with Gasteiger partial charge in [-0.2, -0.15) is 0 Å². The maximum Gasteiger partial charge on any atom is 0.0143 e. The topological polar surface area (TPSA) is 3.24 Å². The predicted molar refractivity (Wildman–Crippen MR) is 54.0 cm³/mol. The molecule has 12 heavy (non-hydrogen) atoms. The van der Waals surface area contributed by atoms with Crippen LogP contribution in [0.15, 0.2) is 12.3 Å². The Hall–Kier alpha value is -0.460. The van der Waals surface area contributed by atoms with Gasteiger partial charge in [0.2, 0.25) is 0 Å². The molecule has 0 aromatic rings. The highest BCUT2D eigenvalue weighted by Crippen LogP contribution is 2.29. The zero-order valence-electron chi connectivity index (χ0n) is 8.47. The molecule has 0 spiro atoms. The van der Waals surface area contributed by atoms with Crippen molar-refractivity contribution in [3.63, 3.8) is 0 Å². The van der Waals surface area contributed by atoms with Crippen molar-refractivity contribution in [3.8, 4) is 0 Å². The second-order valence-corrected chi connectivity index (χ2v) is 3.84. The second kappa shape index (κ2) is 4.54. The van der Waals surface area contributed by atoms with Crippen molar-refractivity contribution in [3.05, 3.63) is 12.3 Å². The maximum absolute atomic E-state index is 4.18. The Labute approximate surface area is 76.5 Å². The number of hydrogen-bond acceptors (Lipinski definition) is 1. The first-order chi connectivity index (χ1) is 5.75. The summed E-state index contributed by atoms with van der Waals surface area (Å²) in [5, 5.41) is 0. The standard InChI is InChI=1S/C11H21N/c1-4-12(3)10(2)11-8-6-5-7-9-11/h11H,2,4-9H2,1,3H3. The fourth-order valence-electron chi connectivity index (χ4n) is 1.95. The van der Waals surface area contributed by atoms with Crippen LogP contribution in [0.2, 0.25) is 0 Å². The SMILES string of the molecule is C=C(C1CCCCC1)N(C)CC. The van der Waals surface area contributed by atoms with E-state index < -0.39 is 0 Å². The first kappa shape index (κ1) is 9.63. The smallest absolute Gasteiger partial charge is 0.0143 e. The van der Waals surface area contributed by atoms with Crippen LogP contribution >= 0.6 is 0 Å². The average molecular weight is 167 g/mol. The molecule has 0 radical (unpaired) electrons. The molecule has 1 rings (SSSR count). The molecule has 1 fully saturated rings. The van der Waals surface area contributed by atoms with Gasteiger partial charge in [0.25, 0.3) is 0 Å². The van der Waals surface area contributed by atoms with Crippen molar-refractivity contribution in [2.24, 2.45) is 5.92 Å². The number of rotatable bonds is 3. The minimum Gasteiger partial charge on any atom is -0.378 e. The molecule has 0 aromatic carbocycles. The average Bonchev–Trinajstić information content (AvgIpc) is 2.17. The van der Waals surface area contributed by atoms with Crippen molar-refractivity contribution in [1.82, 2.24) is 4.90 Å². The lowest BCUT2D eigenvalue weighted by atomic mass is 9.87. The van der Waals surface area contributed by atoms with Crippen LogP contribution in [0, 0.1) is 5.92 Å². The third kappa shape index (κ3) is 2.26. The molecule has 0 atom stereocenters. The predicted octanol–water partition coefficient (Wildman–Crippen LogP) is 3.03. The molecule has 1 aliphatic carbocycles. The molecule has 0 heterocycles. The summed E-state index contributed by atoms with van der Waals surface area (Å²) in [7, 11) is 2.15. The van der Waals surface area contributed by atoms with Gasteiger partial charge in [-0.15, -0.1) is 0 Å². The zero-order chi connectivity index (χ0) is 8.97. The lowest BCUT2D eigenvalue weighted by Crippen LogP contribution is -2.23. The summed E-state index contributed by atoms with van der Waals surface area (Å²) in [5.41, 5.74) is 1.36. The Bertz CT molecular complexity index is 145. The van der Waals surface area contributed by atoms with E-state index in [1.165, 1.54) is 37.8 Å². The largest absolute Gasteiger partial charge is 0.378 e. The second-order valence-electron chi connectivity index (χ2n) is 3.84. The first-order valence-electron chi connectivity index (χ1n) is 5.15. The van der Waals surface area contributed by atoms with E-state index in [0.717, 1.165) is 12.5 Å². The Balaban J connectivity index is 2.39. The summed E-state index contributed by atoms with van der Waals surface area (Å²) in [5.74, 6) is 0.781. The highest BCUT2D eigenvalue weighted by atomic mass is 15.1. The van der Waals surface area contributed by atoms with Crippen LogP contribution in [0.25, 0.3) is 0 Å². The van der Waals surface area contributed by atoms with Crippen molar-refractivity contribution in [2.75, 3.05) is 13.6 Å². The molecule has 0 unspecified atom stereocenters. The van der Waals surface area contributed by atoms with Gasteiger partial charge in [0.05, 0.1) is 0 Å². The molecule has 1 heteroatoms. The number of hydrogen-bond donors (Lipinski definition) is 0. The summed E-state index contributed by atoms with van der Waals surface area (Å²) < 4.78 is 0. The van der Waals surface area contributed by atoms with Gasteiger partial charge >= 0.3 is 0 Å². The van der Waals surface area contributed by atoms with E-state index in [-0.39, 0.29) is 0 Å². The molecule has 0 saturated heterocycles. The van der Waals surface area contributed by atoms with E-state index in [1.807, 2.05) is 0 Å². The lowest BCUT2D eigenvalue weighted by Gasteiger charge is -2.30. The summed E-state index contributed by atoms with van der Waals surface area (Å²) in [6.07, 6.45) is 6.97. The van der Waals surface area contributed by atoms with E-state index in [2.05, 4.69) is 25.5 Å². The molecule has 1 nitrogen and oxygen atoms in total. The van der Waals surface area contributed by atoms with Gasteiger partial charge in [0.15, 0.2) is 0 Å². The Morgan fingerprint density at radius 1 is 1.33 bits per heavy atom. The first-order valence-corrected chi connectivity index (χ1v) is 5.15. The van der Waals surface area contributed by atoms with Crippen LogP contribution < -0.4 is 0 Å². The van der Waals surface area contributed by atoms with Gasteiger partial charge in [0.1, 0.15) is 0 Å². The maximum atomic E-state index is 4.18. The van der Waals surface area contributed by atoms with E-state index >= 15 is 0 Å². The Morgan fingerprint density at radius 2 is 1.92 bits per heavy atom. The van der Waals surface area contributed by atoms with Crippen LogP contribution in [0.3, 0.4) is 0 Å². The summed E-state index contributed by atoms with van der Waals surface area (Å²) in [6.45, 7) is 7.46. The molecule has 1 aliphatic rings. The van der Waals surface area contributed by atoms with Gasteiger partial charge < -0.3 is 4.90 Å². The molecule has 0 aliphatic heterocycles. The van der Waals surface area contributed by atoms with Gasteiger partial charge in [-0.3, -0.25) is 0 Å². The van der Waals surface area contributed by atoms with Crippen molar-refractivity contribution >= 4 is 0 Å². The molecule has 70 valence electrons. The normalized spacial score (nSPS) is 19.2. The highest BCUT2D eigenvalue weighted by molar-refractivity contribution is 4.99. The third-order valence-electron chi connectivity index (χ3n) is 3.04. The Morgan fingerprint density at radius 3 is 2.42 bits per heavy atom. The third-order valence-corrected chi connectivity index (χ3v) is 3.04. The molecular weight excluding hydrogens is 146 g/mol. The van der Waals surface area contributed by atoms with Crippen molar-refractivity contribution in [2.45, 2.75) is 39.0 Å². The van der Waals surface area contributed by atoms with Crippen LogP contribution in [-0.4, -0.2) is 18.5 Å². The van der Waals surface area contributed by atoms with Crippen LogP contribution in [0.5, 0.6) is 0 Å². The highest BCUT2D eigenvalue weighted by Gasteiger charge is 2.17. The monoisotopic (exact) mass is 167 g/mol. The lowest BCUT2D eigenvalue weighted by molar-refractivity contribution is 0.312. The van der Waals surface area contributed by atoms with Gasteiger partial charge in [-0.1, -0.05) is 25.8 Å². The van der Waals surface area contributed by atoms with Crippen LogP contribution in [-0.2, 0) is 0 Å². The zero-order valence-corrected chi connectivity index (χ0v) is 8.47. The minimum absolute atomic E-state index is 0.781. The van der Waals surface area contributed by atoms with E-state index in [1.54, 1.807) is 0 Å². The number of allylic oxidation sites excluding steroid dienone is 1. The Kier molecular flexibility index (Phi) is 3.64. The molecule has 0 bridgehead atoms. The van der Waals surface area contributed by atoms with Gasteiger partial charge in [-0.25, -0.2) is 0 Å². The quantitative estimate of drug-likeness (QED) is 0.624. The number of nitrogens with zero attached hydrogens (tertiary/aromatic N) is 1. The molecule has 1 saturated carbocycles. The van der Waals surface area contributed by atoms with E-state index in [4.69, 9.17) is 0 Å². The molecule has 0 N–H and O–H groups in total.